The molecule has 0 unspecified atom stereocenters. The summed E-state index contributed by atoms with van der Waals surface area (Å²) in [6.07, 6.45) is 2.50. The van der Waals surface area contributed by atoms with E-state index in [2.05, 4.69) is 22.0 Å². The number of hydrogen-bond acceptors (Lipinski definition) is 5. The van der Waals surface area contributed by atoms with Gasteiger partial charge in [0.25, 0.3) is 17.2 Å². The standard InChI is InChI=1S/C25H26ClN5O3/c1-4-5-9-21-16(2)27-24-28-25(29-31(24)23(21)33)30(15-17-7-6-8-20(14-17)34-3)22(32)18-10-12-19(26)13-11-18/h6-8,10-14H,4-5,9,15H2,1-3H3,(H,27,28,29). The third-order valence-corrected chi connectivity index (χ3v) is 5.88. The molecular formula is C25H26ClN5O3. The van der Waals surface area contributed by atoms with Crippen LogP contribution in [0.25, 0.3) is 5.78 Å². The number of aromatic nitrogens is 4. The molecule has 0 aliphatic heterocycles. The van der Waals surface area contributed by atoms with E-state index in [1.807, 2.05) is 31.2 Å². The van der Waals surface area contributed by atoms with Crippen LogP contribution in [0.15, 0.2) is 53.3 Å². The van der Waals surface area contributed by atoms with Gasteiger partial charge in [0.1, 0.15) is 5.75 Å². The third-order valence-electron chi connectivity index (χ3n) is 5.63. The SMILES string of the molecule is CCCCc1c(C)nc2nc(N(Cc3cccc(OC)c3)C(=O)c3ccc(Cl)cc3)[nH]n2c1=O. The van der Waals surface area contributed by atoms with Gasteiger partial charge >= 0.3 is 0 Å². The molecule has 1 N–H and O–H groups in total. The van der Waals surface area contributed by atoms with E-state index in [0.717, 1.165) is 18.4 Å². The molecular weight excluding hydrogens is 454 g/mol. The van der Waals surface area contributed by atoms with Crippen LogP contribution in [-0.2, 0) is 13.0 Å². The van der Waals surface area contributed by atoms with Crippen molar-refractivity contribution in [2.75, 3.05) is 12.0 Å². The number of methoxy groups -OCH3 is 1. The molecule has 0 fully saturated rings. The number of rotatable bonds is 8. The summed E-state index contributed by atoms with van der Waals surface area (Å²) in [7, 11) is 1.59. The highest BCUT2D eigenvalue weighted by atomic mass is 35.5. The molecule has 0 atom stereocenters. The summed E-state index contributed by atoms with van der Waals surface area (Å²) in [5.74, 6) is 0.821. The summed E-state index contributed by atoms with van der Waals surface area (Å²) in [5.41, 5.74) is 2.38. The van der Waals surface area contributed by atoms with Crippen LogP contribution in [0.4, 0.5) is 5.95 Å². The van der Waals surface area contributed by atoms with Gasteiger partial charge in [0.2, 0.25) is 5.95 Å². The molecule has 0 saturated carbocycles. The normalized spacial score (nSPS) is 11.1. The summed E-state index contributed by atoms with van der Waals surface area (Å²) in [6.45, 7) is 4.09. The second-order valence-corrected chi connectivity index (χ2v) is 8.45. The lowest BCUT2D eigenvalue weighted by atomic mass is 10.1. The van der Waals surface area contributed by atoms with Crippen LogP contribution in [0.5, 0.6) is 5.75 Å². The molecule has 0 aliphatic rings. The topological polar surface area (TPSA) is 92.6 Å². The summed E-state index contributed by atoms with van der Waals surface area (Å²) in [5, 5.41) is 3.53. The van der Waals surface area contributed by atoms with E-state index in [0.29, 0.717) is 34.0 Å². The molecule has 2 aromatic heterocycles. The number of carbonyl (C=O) groups is 1. The zero-order valence-electron chi connectivity index (χ0n) is 19.3. The number of halogens is 1. The molecule has 9 heteroatoms. The van der Waals surface area contributed by atoms with Gasteiger partial charge in [-0.25, -0.2) is 4.98 Å². The van der Waals surface area contributed by atoms with Gasteiger partial charge in [-0.1, -0.05) is 37.1 Å². The summed E-state index contributed by atoms with van der Waals surface area (Å²) in [4.78, 5) is 37.2. The molecule has 0 spiro atoms. The zero-order valence-corrected chi connectivity index (χ0v) is 20.1. The number of fused-ring (bicyclic) bond motifs is 1. The number of unbranched alkanes of at least 4 members (excludes halogenated alkanes) is 1. The lowest BCUT2D eigenvalue weighted by Gasteiger charge is -2.20. The van der Waals surface area contributed by atoms with Gasteiger partial charge in [-0.15, -0.1) is 0 Å². The van der Waals surface area contributed by atoms with Gasteiger partial charge in [-0.2, -0.15) is 9.50 Å². The number of H-pyrrole nitrogens is 1. The van der Waals surface area contributed by atoms with E-state index in [4.69, 9.17) is 16.3 Å². The summed E-state index contributed by atoms with van der Waals surface area (Å²) in [6, 6.07) is 14.1. The minimum atomic E-state index is -0.297. The number of nitrogens with one attached hydrogen (secondary N) is 1. The fourth-order valence-corrected chi connectivity index (χ4v) is 3.88. The number of nitrogens with zero attached hydrogens (tertiary/aromatic N) is 4. The monoisotopic (exact) mass is 479 g/mol. The summed E-state index contributed by atoms with van der Waals surface area (Å²) >= 11 is 6.01. The maximum absolute atomic E-state index is 13.5. The van der Waals surface area contributed by atoms with Gasteiger partial charge in [0, 0.05) is 16.1 Å². The van der Waals surface area contributed by atoms with E-state index >= 15 is 0 Å². The van der Waals surface area contributed by atoms with Gasteiger partial charge in [-0.3, -0.25) is 19.6 Å². The van der Waals surface area contributed by atoms with Crippen LogP contribution >= 0.6 is 11.6 Å². The Bertz CT molecular complexity index is 1380. The highest BCUT2D eigenvalue weighted by Crippen LogP contribution is 2.21. The van der Waals surface area contributed by atoms with E-state index in [1.165, 1.54) is 9.42 Å². The number of hydrogen-bond donors (Lipinski definition) is 1. The minimum Gasteiger partial charge on any atom is -0.497 e. The van der Waals surface area contributed by atoms with E-state index in [-0.39, 0.29) is 29.7 Å². The van der Waals surface area contributed by atoms with E-state index < -0.39 is 0 Å². The van der Waals surface area contributed by atoms with Crippen molar-refractivity contribution in [2.45, 2.75) is 39.7 Å². The minimum absolute atomic E-state index is 0.199. The quantitative estimate of drug-likeness (QED) is 0.399. The number of carbonyl (C=O) groups excluding carboxylic acids is 1. The number of benzene rings is 2. The van der Waals surface area contributed by atoms with Crippen molar-refractivity contribution >= 4 is 29.2 Å². The number of aromatic amines is 1. The maximum Gasteiger partial charge on any atom is 0.277 e. The van der Waals surface area contributed by atoms with Gasteiger partial charge in [0.05, 0.1) is 19.3 Å². The molecule has 0 radical (unpaired) electrons. The van der Waals surface area contributed by atoms with Crippen molar-refractivity contribution in [1.29, 1.82) is 0 Å². The van der Waals surface area contributed by atoms with Crippen molar-refractivity contribution in [1.82, 2.24) is 19.6 Å². The molecule has 34 heavy (non-hydrogen) atoms. The molecule has 2 aromatic carbocycles. The lowest BCUT2D eigenvalue weighted by molar-refractivity contribution is 0.0983. The highest BCUT2D eigenvalue weighted by Gasteiger charge is 2.23. The van der Waals surface area contributed by atoms with E-state index in [1.54, 1.807) is 31.4 Å². The smallest absolute Gasteiger partial charge is 0.277 e. The Morgan fingerprint density at radius 1 is 1.18 bits per heavy atom. The zero-order chi connectivity index (χ0) is 24.2. The Hall–Kier alpha value is -3.65. The number of anilines is 1. The van der Waals surface area contributed by atoms with Gasteiger partial charge in [-0.05, 0) is 61.7 Å². The Balaban J connectivity index is 1.80. The molecule has 176 valence electrons. The maximum atomic E-state index is 13.5. The van der Waals surface area contributed by atoms with E-state index in [9.17, 15) is 9.59 Å². The van der Waals surface area contributed by atoms with Crippen molar-refractivity contribution in [2.24, 2.45) is 0 Å². The van der Waals surface area contributed by atoms with Crippen molar-refractivity contribution in [3.05, 3.63) is 86.3 Å². The van der Waals surface area contributed by atoms with Gasteiger partial charge in [0.15, 0.2) is 0 Å². The Morgan fingerprint density at radius 3 is 2.65 bits per heavy atom. The van der Waals surface area contributed by atoms with Crippen LogP contribution in [0.2, 0.25) is 5.02 Å². The second-order valence-electron chi connectivity index (χ2n) is 8.02. The number of amides is 1. The molecule has 2 heterocycles. The van der Waals surface area contributed by atoms with Crippen LogP contribution in [0.1, 0.15) is 46.9 Å². The second kappa shape index (κ2) is 10.1. The Kier molecular flexibility index (Phi) is 6.98. The molecule has 0 aliphatic carbocycles. The van der Waals surface area contributed by atoms with Crippen LogP contribution in [0, 0.1) is 6.92 Å². The molecule has 0 bridgehead atoms. The van der Waals surface area contributed by atoms with Crippen molar-refractivity contribution in [3.8, 4) is 5.75 Å². The molecule has 1 amide bonds. The highest BCUT2D eigenvalue weighted by molar-refractivity contribution is 6.30. The Morgan fingerprint density at radius 2 is 1.94 bits per heavy atom. The number of ether oxygens (including phenoxy) is 1. The molecule has 4 rings (SSSR count). The summed E-state index contributed by atoms with van der Waals surface area (Å²) < 4.78 is 6.63. The molecule has 0 saturated heterocycles. The van der Waals surface area contributed by atoms with Crippen molar-refractivity contribution in [3.63, 3.8) is 0 Å². The predicted octanol–water partition coefficient (Wildman–Crippen LogP) is 4.58. The first-order valence-corrected chi connectivity index (χ1v) is 11.5. The van der Waals surface area contributed by atoms with Crippen molar-refractivity contribution < 1.29 is 9.53 Å². The Labute approximate surface area is 202 Å². The fraction of sp³-hybridized carbons (Fsp3) is 0.280. The largest absolute Gasteiger partial charge is 0.497 e. The first kappa shape index (κ1) is 23.5. The lowest BCUT2D eigenvalue weighted by Crippen LogP contribution is -2.31. The van der Waals surface area contributed by atoms with Gasteiger partial charge < -0.3 is 4.74 Å². The average Bonchev–Trinajstić information content (AvgIpc) is 3.26. The molecule has 4 aromatic rings. The average molecular weight is 480 g/mol. The first-order chi connectivity index (χ1) is 16.4. The number of aryl methyl sites for hydroxylation is 1. The predicted molar refractivity (Wildman–Crippen MR) is 132 cm³/mol. The van der Waals surface area contributed by atoms with Crippen LogP contribution in [0.3, 0.4) is 0 Å². The third kappa shape index (κ3) is 4.82. The van der Waals surface area contributed by atoms with Crippen LogP contribution in [-0.4, -0.2) is 32.6 Å². The fourth-order valence-electron chi connectivity index (χ4n) is 3.75. The molecule has 8 nitrogen and oxygen atoms in total. The first-order valence-electron chi connectivity index (χ1n) is 11.1. The van der Waals surface area contributed by atoms with Crippen LogP contribution < -0.4 is 15.2 Å².